The summed E-state index contributed by atoms with van der Waals surface area (Å²) >= 11 is 0. The van der Waals surface area contributed by atoms with Gasteiger partial charge in [0.25, 0.3) is 11.5 Å². The van der Waals surface area contributed by atoms with E-state index < -0.39 is 23.8 Å². The summed E-state index contributed by atoms with van der Waals surface area (Å²) in [5.74, 6) is 0.0418. The van der Waals surface area contributed by atoms with Crippen molar-refractivity contribution in [2.75, 3.05) is 18.1 Å². The third kappa shape index (κ3) is 4.36. The standard InChI is InChI=1S/C28H24FN11O3/c1-2-9-39-25-21(27(42)40(28(39)43)16-4-5-16)36-22(37-25)17-13-33-24(20-19(17)34-14-35-20)38(10-3-6-29)26(41)15-11-18-23(32-12-15)31-8-7-30-18/h2,7-8,11-14,16H,1,3-6,9-10H2,(H,34,35)(H,36,37). The number of anilines is 1. The van der Waals surface area contributed by atoms with Crippen LogP contribution >= 0.6 is 0 Å². The van der Waals surface area contributed by atoms with E-state index >= 15 is 0 Å². The minimum Gasteiger partial charge on any atom is -0.342 e. The number of amides is 1. The fourth-order valence-corrected chi connectivity index (χ4v) is 5.16. The van der Waals surface area contributed by atoms with E-state index in [9.17, 15) is 18.8 Å². The maximum atomic E-state index is 13.7. The zero-order valence-electron chi connectivity index (χ0n) is 22.7. The first-order valence-electron chi connectivity index (χ1n) is 13.6. The van der Waals surface area contributed by atoms with Crippen molar-refractivity contribution in [1.29, 1.82) is 0 Å². The van der Waals surface area contributed by atoms with Gasteiger partial charge in [-0.05, 0) is 25.3 Å². The topological polar surface area (TPSA) is 173 Å². The van der Waals surface area contributed by atoms with Gasteiger partial charge in [-0.15, -0.1) is 6.58 Å². The summed E-state index contributed by atoms with van der Waals surface area (Å²) in [5.41, 5.74) is 1.80. The van der Waals surface area contributed by atoms with Crippen molar-refractivity contribution in [3.8, 4) is 11.4 Å². The minimum absolute atomic E-state index is 0.0352. The first kappa shape index (κ1) is 26.3. The van der Waals surface area contributed by atoms with Crippen LogP contribution in [-0.2, 0) is 6.54 Å². The summed E-state index contributed by atoms with van der Waals surface area (Å²) in [5, 5.41) is 0. The largest absolute Gasteiger partial charge is 0.342 e. The van der Waals surface area contributed by atoms with E-state index in [0.717, 1.165) is 12.8 Å². The van der Waals surface area contributed by atoms with Crippen LogP contribution < -0.4 is 16.1 Å². The van der Waals surface area contributed by atoms with E-state index in [1.54, 1.807) is 12.1 Å². The lowest BCUT2D eigenvalue weighted by Gasteiger charge is -2.22. The van der Waals surface area contributed by atoms with Crippen LogP contribution in [0.3, 0.4) is 0 Å². The van der Waals surface area contributed by atoms with Crippen LogP contribution in [0.5, 0.6) is 0 Å². The first-order chi connectivity index (χ1) is 21.0. The summed E-state index contributed by atoms with van der Waals surface area (Å²) in [6.45, 7) is 3.30. The van der Waals surface area contributed by atoms with Gasteiger partial charge in [0.15, 0.2) is 17.1 Å². The minimum atomic E-state index is -0.640. The zero-order chi connectivity index (χ0) is 29.7. The molecule has 1 amide bonds. The third-order valence-corrected chi connectivity index (χ3v) is 7.31. The third-order valence-electron chi connectivity index (χ3n) is 7.31. The number of imidazole rings is 2. The second-order valence-corrected chi connectivity index (χ2v) is 10.1. The molecule has 6 aromatic rings. The molecule has 7 rings (SSSR count). The number of allylic oxidation sites excluding steroid dienone is 1. The van der Waals surface area contributed by atoms with Gasteiger partial charge in [0.05, 0.1) is 24.1 Å². The van der Waals surface area contributed by atoms with Crippen LogP contribution in [0.15, 0.2) is 59.4 Å². The molecular weight excluding hydrogens is 557 g/mol. The van der Waals surface area contributed by atoms with E-state index in [1.807, 2.05) is 0 Å². The second-order valence-electron chi connectivity index (χ2n) is 10.1. The van der Waals surface area contributed by atoms with Crippen LogP contribution in [0.25, 0.3) is 44.7 Å². The molecule has 14 nitrogen and oxygen atoms in total. The number of alkyl halides is 1. The molecule has 0 saturated heterocycles. The molecule has 216 valence electrons. The van der Waals surface area contributed by atoms with E-state index in [4.69, 9.17) is 0 Å². The normalized spacial score (nSPS) is 13.2. The Hall–Kier alpha value is -5.60. The molecule has 43 heavy (non-hydrogen) atoms. The molecule has 0 spiro atoms. The van der Waals surface area contributed by atoms with Crippen LogP contribution in [0.1, 0.15) is 35.7 Å². The Morgan fingerprint density at radius 2 is 1.95 bits per heavy atom. The van der Waals surface area contributed by atoms with E-state index in [2.05, 4.69) is 46.5 Å². The highest BCUT2D eigenvalue weighted by Crippen LogP contribution is 2.34. The molecule has 1 saturated carbocycles. The molecule has 0 unspecified atom stereocenters. The van der Waals surface area contributed by atoms with Crippen molar-refractivity contribution in [3.05, 3.63) is 76.2 Å². The number of nitrogens with one attached hydrogen (secondary N) is 2. The lowest BCUT2D eigenvalue weighted by Crippen LogP contribution is -2.39. The molecule has 15 heteroatoms. The molecule has 1 aliphatic carbocycles. The maximum absolute atomic E-state index is 13.7. The number of carbonyl (C=O) groups is 1. The van der Waals surface area contributed by atoms with Crippen LogP contribution in [-0.4, -0.2) is 68.1 Å². The number of pyridine rings is 2. The molecule has 0 aliphatic heterocycles. The number of rotatable bonds is 9. The van der Waals surface area contributed by atoms with Gasteiger partial charge in [-0.25, -0.2) is 29.7 Å². The van der Waals surface area contributed by atoms with Gasteiger partial charge in [0.2, 0.25) is 0 Å². The molecule has 0 atom stereocenters. The van der Waals surface area contributed by atoms with Crippen LogP contribution in [0.2, 0.25) is 0 Å². The lowest BCUT2D eigenvalue weighted by atomic mass is 10.2. The van der Waals surface area contributed by atoms with Gasteiger partial charge in [-0.2, -0.15) is 0 Å². The number of fused-ring (bicyclic) bond motifs is 3. The van der Waals surface area contributed by atoms with Gasteiger partial charge in [0, 0.05) is 43.9 Å². The quantitative estimate of drug-likeness (QED) is 0.243. The number of hydrogen-bond acceptors (Lipinski definition) is 9. The van der Waals surface area contributed by atoms with Gasteiger partial charge >= 0.3 is 5.69 Å². The highest BCUT2D eigenvalue weighted by Gasteiger charge is 2.30. The van der Waals surface area contributed by atoms with Gasteiger partial charge < -0.3 is 9.97 Å². The van der Waals surface area contributed by atoms with E-state index in [1.165, 1.54) is 45.1 Å². The molecule has 1 aliphatic rings. The Morgan fingerprint density at radius 1 is 1.12 bits per heavy atom. The first-order valence-corrected chi connectivity index (χ1v) is 13.6. The number of aromatic nitrogens is 10. The van der Waals surface area contributed by atoms with Crippen molar-refractivity contribution in [3.63, 3.8) is 0 Å². The number of aromatic amines is 2. The number of carbonyl (C=O) groups excluding carboxylic acids is 1. The van der Waals surface area contributed by atoms with Gasteiger partial charge in [-0.3, -0.25) is 33.0 Å². The van der Waals surface area contributed by atoms with E-state index in [-0.39, 0.29) is 53.9 Å². The van der Waals surface area contributed by atoms with Crippen molar-refractivity contribution in [2.45, 2.75) is 31.8 Å². The maximum Gasteiger partial charge on any atom is 0.333 e. The van der Waals surface area contributed by atoms with Gasteiger partial charge in [-0.1, -0.05) is 6.08 Å². The number of H-pyrrole nitrogens is 2. The Bertz CT molecular complexity index is 2180. The van der Waals surface area contributed by atoms with Gasteiger partial charge in [0.1, 0.15) is 27.9 Å². The molecule has 6 aromatic heterocycles. The molecule has 0 radical (unpaired) electrons. The summed E-state index contributed by atoms with van der Waals surface area (Å²) in [7, 11) is 0. The molecule has 6 heterocycles. The molecular formula is C28H24FN11O3. The lowest BCUT2D eigenvalue weighted by molar-refractivity contribution is 0.0985. The second kappa shape index (κ2) is 10.3. The number of nitrogens with zero attached hydrogens (tertiary/aromatic N) is 9. The predicted molar refractivity (Wildman–Crippen MR) is 156 cm³/mol. The van der Waals surface area contributed by atoms with Crippen molar-refractivity contribution in [2.24, 2.45) is 0 Å². The Balaban J connectivity index is 1.35. The highest BCUT2D eigenvalue weighted by molar-refractivity contribution is 6.10. The molecule has 0 aromatic carbocycles. The summed E-state index contributed by atoms with van der Waals surface area (Å²) in [6.07, 6.45) is 10.5. The molecule has 0 bridgehead atoms. The van der Waals surface area contributed by atoms with Crippen molar-refractivity contribution < 1.29 is 9.18 Å². The number of hydrogen-bond donors (Lipinski definition) is 2. The van der Waals surface area contributed by atoms with Crippen LogP contribution in [0, 0.1) is 0 Å². The average molecular weight is 582 g/mol. The predicted octanol–water partition coefficient (Wildman–Crippen LogP) is 2.69. The van der Waals surface area contributed by atoms with Crippen molar-refractivity contribution >= 4 is 45.1 Å². The molecule has 1 fully saturated rings. The van der Waals surface area contributed by atoms with Crippen LogP contribution in [0.4, 0.5) is 10.2 Å². The van der Waals surface area contributed by atoms with Crippen molar-refractivity contribution in [1.82, 2.24) is 49.0 Å². The summed E-state index contributed by atoms with van der Waals surface area (Å²) in [4.78, 5) is 73.9. The Morgan fingerprint density at radius 3 is 2.74 bits per heavy atom. The Kier molecular flexibility index (Phi) is 6.33. The smallest absolute Gasteiger partial charge is 0.333 e. The summed E-state index contributed by atoms with van der Waals surface area (Å²) in [6, 6.07) is 1.44. The fourth-order valence-electron chi connectivity index (χ4n) is 5.16. The monoisotopic (exact) mass is 581 g/mol. The highest BCUT2D eigenvalue weighted by atomic mass is 19.1. The number of halogens is 1. The average Bonchev–Trinajstić information content (AvgIpc) is 3.54. The Labute approximate surface area is 241 Å². The fraction of sp³-hybridized carbons (Fsp3) is 0.250. The molecule has 2 N–H and O–H groups in total. The van der Waals surface area contributed by atoms with E-state index in [0.29, 0.717) is 27.8 Å². The summed E-state index contributed by atoms with van der Waals surface area (Å²) < 4.78 is 16.0. The SMILES string of the molecule is C=CCn1c(=O)n(C2CC2)c(=O)c2[nH]c(-c3cnc(N(CCCF)C(=O)c4cnc5nccnc5c4)c4[nH]cnc34)nc21. The zero-order valence-corrected chi connectivity index (χ0v) is 22.7.